The third-order valence-corrected chi connectivity index (χ3v) is 5.87. The van der Waals surface area contributed by atoms with Crippen molar-refractivity contribution in [3.05, 3.63) is 106 Å². The van der Waals surface area contributed by atoms with Crippen LogP contribution in [0.25, 0.3) is 21.8 Å². The number of rotatable bonds is 6. The van der Waals surface area contributed by atoms with E-state index >= 15 is 0 Å². The van der Waals surface area contributed by atoms with E-state index < -0.39 is 0 Å². The van der Waals surface area contributed by atoms with Crippen molar-refractivity contribution >= 4 is 27.7 Å². The van der Waals surface area contributed by atoms with Gasteiger partial charge in [-0.2, -0.15) is 5.10 Å². The van der Waals surface area contributed by atoms with Crippen LogP contribution in [0, 0.1) is 6.92 Å². The molecular weight excluding hydrogens is 414 g/mol. The fourth-order valence-electron chi connectivity index (χ4n) is 4.04. The van der Waals surface area contributed by atoms with E-state index in [4.69, 9.17) is 0 Å². The van der Waals surface area contributed by atoms with Gasteiger partial charge in [0.2, 0.25) is 0 Å². The molecule has 2 heterocycles. The van der Waals surface area contributed by atoms with Crippen LogP contribution in [0.15, 0.2) is 84.0 Å². The summed E-state index contributed by atoms with van der Waals surface area (Å²) in [6.45, 7) is 3.26. The van der Waals surface area contributed by atoms with Crippen LogP contribution < -0.4 is 10.9 Å². The van der Waals surface area contributed by atoms with Gasteiger partial charge in [0.25, 0.3) is 11.5 Å². The number of hydrogen-bond donors (Lipinski definition) is 1. The third-order valence-electron chi connectivity index (χ3n) is 5.87. The molecule has 0 spiro atoms. The summed E-state index contributed by atoms with van der Waals surface area (Å²) in [4.78, 5) is 30.2. The molecule has 0 radical (unpaired) electrons. The minimum atomic E-state index is -0.142. The fourth-order valence-corrected chi connectivity index (χ4v) is 4.04. The van der Waals surface area contributed by atoms with Crippen molar-refractivity contribution in [3.8, 4) is 0 Å². The lowest BCUT2D eigenvalue weighted by atomic mass is 10.0. The minimum Gasteiger partial charge on any atom is -0.350 e. The predicted octanol–water partition coefficient (Wildman–Crippen LogP) is 3.53. The Hall–Kier alpha value is -4.26. The molecule has 0 aliphatic carbocycles. The van der Waals surface area contributed by atoms with Gasteiger partial charge in [0.1, 0.15) is 11.7 Å². The van der Waals surface area contributed by atoms with E-state index in [0.29, 0.717) is 36.2 Å². The van der Waals surface area contributed by atoms with Gasteiger partial charge in [-0.05, 0) is 34.9 Å². The maximum atomic E-state index is 12.9. The van der Waals surface area contributed by atoms with Crippen LogP contribution in [0.2, 0.25) is 0 Å². The topological polar surface area (TPSA) is 81.8 Å². The zero-order valence-corrected chi connectivity index (χ0v) is 18.2. The van der Waals surface area contributed by atoms with E-state index in [2.05, 4.69) is 15.4 Å². The average Bonchev–Trinajstić information content (AvgIpc) is 3.25. The Morgan fingerprint density at radius 3 is 2.64 bits per heavy atom. The van der Waals surface area contributed by atoms with E-state index in [1.54, 1.807) is 21.8 Å². The molecule has 0 bridgehead atoms. The first-order valence-corrected chi connectivity index (χ1v) is 10.8. The standard InChI is InChI=1S/C26H23N5O2/c1-18-7-2-3-9-20(18)16-30-17-28-24-23(26(30)33)15-29-31(24)14-13-27-25(32)22-12-6-10-19-8-4-5-11-21(19)22/h2-12,15,17H,13-14,16H2,1H3,(H,27,32). The van der Waals surface area contributed by atoms with E-state index in [9.17, 15) is 9.59 Å². The molecule has 2 aromatic heterocycles. The van der Waals surface area contributed by atoms with Gasteiger partial charge in [-0.1, -0.05) is 60.7 Å². The van der Waals surface area contributed by atoms with Crippen LogP contribution in [0.3, 0.4) is 0 Å². The molecule has 0 aliphatic heterocycles. The zero-order chi connectivity index (χ0) is 22.8. The number of amides is 1. The van der Waals surface area contributed by atoms with E-state index in [0.717, 1.165) is 21.9 Å². The largest absolute Gasteiger partial charge is 0.350 e. The molecule has 1 N–H and O–H groups in total. The summed E-state index contributed by atoms with van der Waals surface area (Å²) in [7, 11) is 0. The first-order valence-electron chi connectivity index (χ1n) is 10.8. The van der Waals surface area contributed by atoms with Gasteiger partial charge in [0.05, 0.1) is 19.3 Å². The van der Waals surface area contributed by atoms with Crippen molar-refractivity contribution in [1.82, 2.24) is 24.6 Å². The molecule has 5 aromatic rings. The van der Waals surface area contributed by atoms with Gasteiger partial charge in [0.15, 0.2) is 5.65 Å². The summed E-state index contributed by atoms with van der Waals surface area (Å²) < 4.78 is 3.25. The molecule has 0 saturated carbocycles. The highest BCUT2D eigenvalue weighted by Gasteiger charge is 2.12. The van der Waals surface area contributed by atoms with Crippen molar-refractivity contribution < 1.29 is 4.79 Å². The second-order valence-electron chi connectivity index (χ2n) is 7.99. The molecule has 33 heavy (non-hydrogen) atoms. The second kappa shape index (κ2) is 8.70. The van der Waals surface area contributed by atoms with Crippen LogP contribution >= 0.6 is 0 Å². The Bertz CT molecular complexity index is 1530. The van der Waals surface area contributed by atoms with Gasteiger partial charge in [0, 0.05) is 12.1 Å². The number of nitrogens with zero attached hydrogens (tertiary/aromatic N) is 4. The summed E-state index contributed by atoms with van der Waals surface area (Å²) in [6.07, 6.45) is 3.11. The highest BCUT2D eigenvalue weighted by atomic mass is 16.1. The van der Waals surface area contributed by atoms with Crippen LogP contribution in [-0.4, -0.2) is 31.8 Å². The molecule has 7 heteroatoms. The van der Waals surface area contributed by atoms with Gasteiger partial charge in [-0.3, -0.25) is 14.2 Å². The van der Waals surface area contributed by atoms with Crippen LogP contribution in [0.1, 0.15) is 21.5 Å². The van der Waals surface area contributed by atoms with Crippen LogP contribution in [0.5, 0.6) is 0 Å². The molecule has 0 unspecified atom stereocenters. The summed E-state index contributed by atoms with van der Waals surface area (Å²) in [6, 6.07) is 21.5. The van der Waals surface area contributed by atoms with Gasteiger partial charge in [-0.25, -0.2) is 9.67 Å². The minimum absolute atomic E-state index is 0.130. The number of hydrogen-bond acceptors (Lipinski definition) is 4. The number of benzene rings is 3. The Balaban J connectivity index is 1.31. The molecule has 7 nitrogen and oxygen atoms in total. The van der Waals surface area contributed by atoms with Crippen LogP contribution in [-0.2, 0) is 13.1 Å². The molecular formula is C26H23N5O2. The van der Waals surface area contributed by atoms with E-state index in [-0.39, 0.29) is 11.5 Å². The van der Waals surface area contributed by atoms with Gasteiger partial charge in [-0.15, -0.1) is 0 Å². The van der Waals surface area contributed by atoms with E-state index in [1.165, 1.54) is 0 Å². The third kappa shape index (κ3) is 4.01. The lowest BCUT2D eigenvalue weighted by Gasteiger charge is -2.10. The maximum absolute atomic E-state index is 12.9. The number of fused-ring (bicyclic) bond motifs is 2. The van der Waals surface area contributed by atoms with Crippen molar-refractivity contribution in [3.63, 3.8) is 0 Å². The molecule has 0 aliphatic rings. The smallest absolute Gasteiger partial charge is 0.264 e. The molecule has 0 fully saturated rings. The highest BCUT2D eigenvalue weighted by molar-refractivity contribution is 6.06. The Morgan fingerprint density at radius 1 is 0.970 bits per heavy atom. The number of aromatic nitrogens is 4. The van der Waals surface area contributed by atoms with Crippen molar-refractivity contribution in [2.24, 2.45) is 0 Å². The molecule has 0 atom stereocenters. The highest BCUT2D eigenvalue weighted by Crippen LogP contribution is 2.18. The molecule has 164 valence electrons. The quantitative estimate of drug-likeness (QED) is 0.441. The number of carbonyl (C=O) groups is 1. The lowest BCUT2D eigenvalue weighted by molar-refractivity contribution is 0.0953. The number of nitrogens with one attached hydrogen (secondary N) is 1. The first kappa shape index (κ1) is 20.6. The molecule has 3 aromatic carbocycles. The summed E-state index contributed by atoms with van der Waals surface area (Å²) >= 11 is 0. The monoisotopic (exact) mass is 437 g/mol. The summed E-state index contributed by atoms with van der Waals surface area (Å²) in [5.74, 6) is -0.142. The van der Waals surface area contributed by atoms with Crippen molar-refractivity contribution in [2.45, 2.75) is 20.0 Å². The zero-order valence-electron chi connectivity index (χ0n) is 18.2. The normalized spacial score (nSPS) is 11.2. The Kier molecular flexibility index (Phi) is 5.44. The van der Waals surface area contributed by atoms with Crippen molar-refractivity contribution in [2.75, 3.05) is 6.54 Å². The maximum Gasteiger partial charge on any atom is 0.264 e. The number of carbonyl (C=O) groups excluding carboxylic acids is 1. The predicted molar refractivity (Wildman–Crippen MR) is 128 cm³/mol. The Morgan fingerprint density at radius 2 is 1.76 bits per heavy atom. The van der Waals surface area contributed by atoms with Gasteiger partial charge >= 0.3 is 0 Å². The fraction of sp³-hybridized carbons (Fsp3) is 0.154. The lowest BCUT2D eigenvalue weighted by Crippen LogP contribution is -2.28. The average molecular weight is 438 g/mol. The molecule has 5 rings (SSSR count). The first-order chi connectivity index (χ1) is 16.1. The van der Waals surface area contributed by atoms with Crippen LogP contribution in [0.4, 0.5) is 0 Å². The number of aryl methyl sites for hydroxylation is 1. The second-order valence-corrected chi connectivity index (χ2v) is 7.99. The SMILES string of the molecule is Cc1ccccc1Cn1cnc2c(cnn2CCNC(=O)c2cccc3ccccc23)c1=O. The van der Waals surface area contributed by atoms with Crippen molar-refractivity contribution in [1.29, 1.82) is 0 Å². The molecule has 1 amide bonds. The summed E-state index contributed by atoms with van der Waals surface area (Å²) in [5, 5.41) is 9.68. The summed E-state index contributed by atoms with van der Waals surface area (Å²) in [5.41, 5.74) is 3.22. The van der Waals surface area contributed by atoms with Gasteiger partial charge < -0.3 is 5.32 Å². The molecule has 0 saturated heterocycles. The van der Waals surface area contributed by atoms with E-state index in [1.807, 2.05) is 73.7 Å². The Labute approximate surface area is 190 Å².